The van der Waals surface area contributed by atoms with E-state index in [2.05, 4.69) is 15.0 Å². The summed E-state index contributed by atoms with van der Waals surface area (Å²) in [5.41, 5.74) is 0.916. The SMILES string of the molecule is Cc1ccc(C(F)(F)F)c(Cn2c3cc(-c4cnc(N5CCN(C(=O)CO)C(C)C5)nc4)ccc3c(=O)n2C)n1. The highest BCUT2D eigenvalue weighted by atomic mass is 19.4. The van der Waals surface area contributed by atoms with Crippen LogP contribution >= 0.6 is 0 Å². The molecule has 0 bridgehead atoms. The molecule has 5 rings (SSSR count). The molecule has 4 heterocycles. The predicted molar refractivity (Wildman–Crippen MR) is 142 cm³/mol. The number of alkyl halides is 3. The van der Waals surface area contributed by atoms with Crippen LogP contribution in [-0.2, 0) is 24.6 Å². The number of aliphatic hydroxyl groups excluding tert-OH is 1. The van der Waals surface area contributed by atoms with Crippen LogP contribution in [0.3, 0.4) is 0 Å². The third kappa shape index (κ3) is 5.04. The van der Waals surface area contributed by atoms with Crippen LogP contribution in [0.15, 0.2) is 47.5 Å². The quantitative estimate of drug-likeness (QED) is 0.403. The summed E-state index contributed by atoms with van der Waals surface area (Å²) in [5.74, 6) is 0.181. The number of hydrogen-bond donors (Lipinski definition) is 1. The van der Waals surface area contributed by atoms with Gasteiger partial charge < -0.3 is 14.9 Å². The lowest BCUT2D eigenvalue weighted by Crippen LogP contribution is -2.55. The number of benzene rings is 1. The zero-order valence-electron chi connectivity index (χ0n) is 22.2. The zero-order valence-corrected chi connectivity index (χ0v) is 22.2. The maximum Gasteiger partial charge on any atom is 0.418 e. The first-order valence-electron chi connectivity index (χ1n) is 12.7. The molecule has 1 fully saturated rings. The molecule has 4 aromatic rings. The number of fused-ring (bicyclic) bond motifs is 1. The molecule has 0 saturated carbocycles. The highest BCUT2D eigenvalue weighted by Crippen LogP contribution is 2.32. The Morgan fingerprint density at radius 1 is 1.10 bits per heavy atom. The molecule has 210 valence electrons. The standard InChI is InChI=1S/C27H28F3N7O3/c1-16-4-7-21(27(28,29)30)22(33-16)14-37-23-10-18(5-6-20(23)25(40)34(37)3)19-11-31-26(32-12-19)35-8-9-36(17(2)13-35)24(39)15-38/h4-7,10-12,17,38H,8-9,13-15H2,1-3H3. The Morgan fingerprint density at radius 3 is 2.48 bits per heavy atom. The fourth-order valence-electron chi connectivity index (χ4n) is 5.11. The number of hydrogen-bond acceptors (Lipinski definition) is 7. The van der Waals surface area contributed by atoms with Gasteiger partial charge in [0, 0.05) is 56.4 Å². The number of carbonyl (C=O) groups excluding carboxylic acids is 1. The minimum Gasteiger partial charge on any atom is -0.387 e. The molecule has 1 unspecified atom stereocenters. The van der Waals surface area contributed by atoms with Crippen molar-refractivity contribution >= 4 is 22.8 Å². The van der Waals surface area contributed by atoms with E-state index >= 15 is 0 Å². The largest absolute Gasteiger partial charge is 0.418 e. The number of amides is 1. The summed E-state index contributed by atoms with van der Waals surface area (Å²) >= 11 is 0. The molecule has 1 aromatic carbocycles. The van der Waals surface area contributed by atoms with E-state index in [1.54, 1.807) is 42.4 Å². The van der Waals surface area contributed by atoms with Crippen molar-refractivity contribution in [3.05, 3.63) is 70.0 Å². The number of anilines is 1. The maximum absolute atomic E-state index is 13.7. The van der Waals surface area contributed by atoms with Crippen molar-refractivity contribution in [2.24, 2.45) is 7.05 Å². The third-order valence-electron chi connectivity index (χ3n) is 7.22. The van der Waals surface area contributed by atoms with Crippen LogP contribution in [0.2, 0.25) is 0 Å². The molecule has 1 saturated heterocycles. The Balaban J connectivity index is 1.45. The molecule has 13 heteroatoms. The molecule has 1 amide bonds. The number of aromatic nitrogens is 5. The molecule has 0 radical (unpaired) electrons. The van der Waals surface area contributed by atoms with Gasteiger partial charge in [0.15, 0.2) is 0 Å². The molecule has 1 aliphatic heterocycles. The Labute approximate surface area is 227 Å². The second kappa shape index (κ2) is 10.4. The first kappa shape index (κ1) is 27.3. The van der Waals surface area contributed by atoms with Crippen LogP contribution in [0.4, 0.5) is 19.1 Å². The number of piperazine rings is 1. The molecular weight excluding hydrogens is 527 g/mol. The normalized spacial score (nSPS) is 16.1. The van der Waals surface area contributed by atoms with Crippen LogP contribution in [0.25, 0.3) is 22.0 Å². The summed E-state index contributed by atoms with van der Waals surface area (Å²) in [6, 6.07) is 7.34. The number of nitrogens with zero attached hydrogens (tertiary/aromatic N) is 7. The molecule has 10 nitrogen and oxygen atoms in total. The van der Waals surface area contributed by atoms with Gasteiger partial charge in [0.05, 0.1) is 28.7 Å². The van der Waals surface area contributed by atoms with Gasteiger partial charge in [-0.3, -0.25) is 23.9 Å². The first-order chi connectivity index (χ1) is 19.0. The lowest BCUT2D eigenvalue weighted by molar-refractivity contribution is -0.138. The summed E-state index contributed by atoms with van der Waals surface area (Å²) < 4.78 is 43.8. The van der Waals surface area contributed by atoms with E-state index < -0.39 is 18.3 Å². The number of pyridine rings is 1. The summed E-state index contributed by atoms with van der Waals surface area (Å²) in [4.78, 5) is 41.5. The van der Waals surface area contributed by atoms with Gasteiger partial charge in [-0.1, -0.05) is 6.07 Å². The molecule has 1 aliphatic rings. The summed E-state index contributed by atoms with van der Waals surface area (Å²) in [6.45, 7) is 4.22. The van der Waals surface area contributed by atoms with Gasteiger partial charge in [0.2, 0.25) is 11.9 Å². The number of rotatable bonds is 5. The average Bonchev–Trinajstić information content (AvgIpc) is 3.16. The average molecular weight is 556 g/mol. The Hall–Kier alpha value is -4.26. The summed E-state index contributed by atoms with van der Waals surface area (Å²) in [6.07, 6.45) is -1.29. The minimum absolute atomic E-state index is 0.116. The minimum atomic E-state index is -4.58. The molecule has 1 atom stereocenters. The lowest BCUT2D eigenvalue weighted by atomic mass is 10.1. The number of aryl methyl sites for hydroxylation is 1. The zero-order chi connectivity index (χ0) is 28.8. The van der Waals surface area contributed by atoms with Gasteiger partial charge in [-0.25, -0.2) is 9.97 Å². The molecule has 40 heavy (non-hydrogen) atoms. The van der Waals surface area contributed by atoms with E-state index in [0.717, 1.165) is 6.07 Å². The Kier molecular flexibility index (Phi) is 7.08. The molecule has 0 spiro atoms. The molecule has 3 aromatic heterocycles. The van der Waals surface area contributed by atoms with E-state index in [9.17, 15) is 22.8 Å². The van der Waals surface area contributed by atoms with Crippen molar-refractivity contribution in [2.45, 2.75) is 32.6 Å². The van der Waals surface area contributed by atoms with Gasteiger partial charge in [-0.15, -0.1) is 0 Å². The maximum atomic E-state index is 13.7. The monoisotopic (exact) mass is 555 g/mol. The molecule has 0 aliphatic carbocycles. The molecule has 1 N–H and O–H groups in total. The van der Waals surface area contributed by atoms with Gasteiger partial charge in [0.1, 0.15) is 6.61 Å². The van der Waals surface area contributed by atoms with Crippen LogP contribution in [-0.4, -0.2) is 72.5 Å². The van der Waals surface area contributed by atoms with Gasteiger partial charge in [-0.2, -0.15) is 13.2 Å². The first-order valence-corrected chi connectivity index (χ1v) is 12.7. The van der Waals surface area contributed by atoms with Crippen molar-refractivity contribution < 1.29 is 23.1 Å². The van der Waals surface area contributed by atoms with E-state index in [1.165, 1.54) is 22.5 Å². The summed E-state index contributed by atoms with van der Waals surface area (Å²) in [5, 5.41) is 9.53. The van der Waals surface area contributed by atoms with E-state index in [4.69, 9.17) is 5.11 Å². The lowest BCUT2D eigenvalue weighted by Gasteiger charge is -2.39. The summed E-state index contributed by atoms with van der Waals surface area (Å²) in [7, 11) is 1.51. The highest BCUT2D eigenvalue weighted by Gasteiger charge is 2.34. The van der Waals surface area contributed by atoms with E-state index in [1.807, 2.05) is 11.8 Å². The van der Waals surface area contributed by atoms with Gasteiger partial charge in [0.25, 0.3) is 5.56 Å². The van der Waals surface area contributed by atoms with E-state index in [0.29, 0.717) is 53.3 Å². The Bertz CT molecular complexity index is 1630. The van der Waals surface area contributed by atoms with Crippen molar-refractivity contribution in [1.82, 2.24) is 29.2 Å². The van der Waals surface area contributed by atoms with Crippen LogP contribution in [0.5, 0.6) is 0 Å². The number of halogens is 3. The van der Waals surface area contributed by atoms with Crippen molar-refractivity contribution in [2.75, 3.05) is 31.1 Å². The second-order valence-corrected chi connectivity index (χ2v) is 9.88. The number of carbonyl (C=O) groups is 1. The fourth-order valence-corrected chi connectivity index (χ4v) is 5.11. The number of aliphatic hydroxyl groups is 1. The fraction of sp³-hybridized carbons (Fsp3) is 0.370. The van der Waals surface area contributed by atoms with Gasteiger partial charge in [-0.05, 0) is 43.7 Å². The van der Waals surface area contributed by atoms with Gasteiger partial charge >= 0.3 is 6.18 Å². The highest BCUT2D eigenvalue weighted by molar-refractivity contribution is 5.84. The Morgan fingerprint density at radius 2 is 1.82 bits per heavy atom. The van der Waals surface area contributed by atoms with Crippen molar-refractivity contribution in [1.29, 1.82) is 0 Å². The smallest absolute Gasteiger partial charge is 0.387 e. The third-order valence-corrected chi connectivity index (χ3v) is 7.22. The van der Waals surface area contributed by atoms with Crippen LogP contribution in [0, 0.1) is 6.92 Å². The van der Waals surface area contributed by atoms with Crippen LogP contribution in [0.1, 0.15) is 23.9 Å². The molecular formula is C27H28F3N7O3. The van der Waals surface area contributed by atoms with E-state index in [-0.39, 0.29) is 29.7 Å². The van der Waals surface area contributed by atoms with Crippen LogP contribution < -0.4 is 10.5 Å². The topological polar surface area (TPSA) is 109 Å². The van der Waals surface area contributed by atoms with Crippen molar-refractivity contribution in [3.8, 4) is 11.1 Å². The van der Waals surface area contributed by atoms with Crippen molar-refractivity contribution in [3.63, 3.8) is 0 Å². The second-order valence-electron chi connectivity index (χ2n) is 9.88. The predicted octanol–water partition coefficient (Wildman–Crippen LogP) is 2.60.